The lowest BCUT2D eigenvalue weighted by Gasteiger charge is -2.26. The molecule has 1 atom stereocenters. The molecule has 0 aliphatic rings. The number of hydrogen-bond donors (Lipinski definition) is 2. The normalized spacial score (nSPS) is 12.8. The summed E-state index contributed by atoms with van der Waals surface area (Å²) in [4.78, 5) is 16.9. The van der Waals surface area contributed by atoms with Gasteiger partial charge in [-0.25, -0.2) is 0 Å². The Morgan fingerprint density at radius 3 is 2.84 bits per heavy atom. The number of rotatable bonds is 5. The minimum atomic E-state index is -0.160. The number of nitrogens with one attached hydrogen (secondary N) is 2. The molecule has 3 heterocycles. The van der Waals surface area contributed by atoms with Crippen molar-refractivity contribution in [3.63, 3.8) is 0 Å². The summed E-state index contributed by atoms with van der Waals surface area (Å²) in [5.41, 5.74) is 3.33. The molecule has 5 nitrogen and oxygen atoms in total. The van der Waals surface area contributed by atoms with E-state index in [0.29, 0.717) is 5.69 Å². The number of H-pyrrole nitrogens is 1. The Labute approximate surface area is 151 Å². The van der Waals surface area contributed by atoms with Crippen LogP contribution in [-0.2, 0) is 0 Å². The van der Waals surface area contributed by atoms with Gasteiger partial charge in [0.05, 0.1) is 11.7 Å². The predicted octanol–water partition coefficient (Wildman–Crippen LogP) is 4.44. The molecule has 0 aliphatic carbocycles. The zero-order valence-electron chi connectivity index (χ0n) is 14.6. The maximum absolute atomic E-state index is 12.7. The second kappa shape index (κ2) is 7.19. The van der Waals surface area contributed by atoms with Crippen molar-refractivity contribution in [2.24, 2.45) is 5.41 Å². The van der Waals surface area contributed by atoms with E-state index < -0.39 is 0 Å². The van der Waals surface area contributed by atoms with Gasteiger partial charge >= 0.3 is 0 Å². The first-order valence-corrected chi connectivity index (χ1v) is 9.15. The lowest BCUT2D eigenvalue weighted by molar-refractivity contribution is 0.0921. The van der Waals surface area contributed by atoms with E-state index in [1.807, 2.05) is 29.0 Å². The van der Waals surface area contributed by atoms with Gasteiger partial charge < -0.3 is 5.32 Å². The molecular formula is C19H22N4OS. The highest BCUT2D eigenvalue weighted by atomic mass is 32.1. The van der Waals surface area contributed by atoms with Crippen LogP contribution in [0, 0.1) is 5.41 Å². The molecule has 3 aromatic rings. The molecule has 0 saturated carbocycles. The standard InChI is InChI=1S/C19H22N4OS/c1-19(2,3)10-17(13-5-4-7-20-11-13)21-18(24)16-9-15(22-23-16)14-6-8-25-12-14/h4-9,11-12,17H,10H2,1-3H3,(H,21,24)(H,22,23). The summed E-state index contributed by atoms with van der Waals surface area (Å²) in [6.45, 7) is 6.48. The minimum Gasteiger partial charge on any atom is -0.344 e. The molecule has 2 N–H and O–H groups in total. The van der Waals surface area contributed by atoms with Crippen LogP contribution in [0.3, 0.4) is 0 Å². The third kappa shape index (κ3) is 4.54. The average Bonchev–Trinajstić information content (AvgIpc) is 3.25. The number of hydrogen-bond acceptors (Lipinski definition) is 4. The van der Waals surface area contributed by atoms with Crippen molar-refractivity contribution in [3.8, 4) is 11.3 Å². The number of amides is 1. The lowest BCUT2D eigenvalue weighted by Crippen LogP contribution is -2.31. The fraction of sp³-hybridized carbons (Fsp3) is 0.316. The van der Waals surface area contributed by atoms with Crippen LogP contribution in [0.4, 0.5) is 0 Å². The fourth-order valence-corrected chi connectivity index (χ4v) is 3.33. The molecule has 0 aliphatic heterocycles. The van der Waals surface area contributed by atoms with Crippen molar-refractivity contribution in [1.82, 2.24) is 20.5 Å². The van der Waals surface area contributed by atoms with Crippen molar-refractivity contribution in [3.05, 3.63) is 58.7 Å². The van der Waals surface area contributed by atoms with Gasteiger partial charge in [0.25, 0.3) is 5.91 Å². The van der Waals surface area contributed by atoms with Crippen molar-refractivity contribution in [2.45, 2.75) is 33.2 Å². The van der Waals surface area contributed by atoms with Gasteiger partial charge in [0, 0.05) is 23.3 Å². The molecule has 130 valence electrons. The van der Waals surface area contributed by atoms with E-state index in [1.54, 1.807) is 29.8 Å². The van der Waals surface area contributed by atoms with Crippen molar-refractivity contribution < 1.29 is 4.79 Å². The molecule has 0 saturated heterocycles. The van der Waals surface area contributed by atoms with Crippen LogP contribution in [0.25, 0.3) is 11.3 Å². The summed E-state index contributed by atoms with van der Waals surface area (Å²) >= 11 is 1.60. The van der Waals surface area contributed by atoms with E-state index in [-0.39, 0.29) is 17.4 Å². The Hall–Kier alpha value is -2.47. The van der Waals surface area contributed by atoms with Crippen LogP contribution in [0.1, 0.15) is 49.3 Å². The number of thiophene rings is 1. The molecule has 0 radical (unpaired) electrons. The third-order valence-corrected chi connectivity index (χ3v) is 4.53. The highest BCUT2D eigenvalue weighted by Gasteiger charge is 2.23. The molecule has 0 spiro atoms. The second-order valence-electron chi connectivity index (χ2n) is 7.26. The maximum atomic E-state index is 12.7. The summed E-state index contributed by atoms with van der Waals surface area (Å²) in [5.74, 6) is -0.160. The third-order valence-electron chi connectivity index (χ3n) is 3.85. The quantitative estimate of drug-likeness (QED) is 0.711. The largest absolute Gasteiger partial charge is 0.344 e. The molecule has 0 fully saturated rings. The van der Waals surface area contributed by atoms with Crippen LogP contribution >= 0.6 is 11.3 Å². The highest BCUT2D eigenvalue weighted by molar-refractivity contribution is 7.08. The Kier molecular flexibility index (Phi) is 4.99. The average molecular weight is 354 g/mol. The molecule has 0 aromatic carbocycles. The highest BCUT2D eigenvalue weighted by Crippen LogP contribution is 2.29. The molecule has 1 amide bonds. The van der Waals surface area contributed by atoms with E-state index in [2.05, 4.69) is 41.3 Å². The van der Waals surface area contributed by atoms with Crippen LogP contribution in [0.2, 0.25) is 0 Å². The van der Waals surface area contributed by atoms with E-state index in [4.69, 9.17) is 0 Å². The summed E-state index contributed by atoms with van der Waals surface area (Å²) in [5, 5.41) is 14.2. The van der Waals surface area contributed by atoms with Crippen LogP contribution in [0.15, 0.2) is 47.4 Å². The number of carbonyl (C=O) groups excluding carboxylic acids is 1. The summed E-state index contributed by atoms with van der Waals surface area (Å²) in [6, 6.07) is 7.55. The van der Waals surface area contributed by atoms with Crippen molar-refractivity contribution in [2.75, 3.05) is 0 Å². The van der Waals surface area contributed by atoms with Gasteiger partial charge in [-0.15, -0.1) is 0 Å². The monoisotopic (exact) mass is 354 g/mol. The van der Waals surface area contributed by atoms with E-state index in [0.717, 1.165) is 23.2 Å². The Balaban J connectivity index is 1.78. The topological polar surface area (TPSA) is 70.7 Å². The maximum Gasteiger partial charge on any atom is 0.269 e. The van der Waals surface area contributed by atoms with Crippen LogP contribution in [0.5, 0.6) is 0 Å². The fourth-order valence-electron chi connectivity index (χ4n) is 2.68. The summed E-state index contributed by atoms with van der Waals surface area (Å²) < 4.78 is 0. The predicted molar refractivity (Wildman–Crippen MR) is 100 cm³/mol. The van der Waals surface area contributed by atoms with Gasteiger partial charge in [0.2, 0.25) is 0 Å². The Bertz CT molecular complexity index is 819. The second-order valence-corrected chi connectivity index (χ2v) is 8.04. The molecule has 3 aromatic heterocycles. The zero-order valence-corrected chi connectivity index (χ0v) is 15.4. The SMILES string of the molecule is CC(C)(C)CC(NC(=O)c1cc(-c2ccsc2)n[nH]1)c1cccnc1. The van der Waals surface area contributed by atoms with Crippen LogP contribution < -0.4 is 5.32 Å². The molecule has 1 unspecified atom stereocenters. The number of aromatic nitrogens is 3. The number of pyridine rings is 1. The zero-order chi connectivity index (χ0) is 17.9. The first kappa shape index (κ1) is 17.4. The van der Waals surface area contributed by atoms with Gasteiger partial charge in [-0.1, -0.05) is 26.8 Å². The molecule has 6 heteroatoms. The van der Waals surface area contributed by atoms with Crippen molar-refractivity contribution in [1.29, 1.82) is 0 Å². The Morgan fingerprint density at radius 1 is 1.36 bits per heavy atom. The van der Waals surface area contributed by atoms with Crippen molar-refractivity contribution >= 4 is 17.2 Å². The molecule has 0 bridgehead atoms. The molecule has 3 rings (SSSR count). The first-order valence-electron chi connectivity index (χ1n) is 8.21. The molecular weight excluding hydrogens is 332 g/mol. The van der Waals surface area contributed by atoms with E-state index in [1.165, 1.54) is 0 Å². The first-order chi connectivity index (χ1) is 11.9. The molecule has 25 heavy (non-hydrogen) atoms. The summed E-state index contributed by atoms with van der Waals surface area (Å²) in [6.07, 6.45) is 4.36. The number of aromatic amines is 1. The van der Waals surface area contributed by atoms with Gasteiger partial charge in [-0.2, -0.15) is 16.4 Å². The number of nitrogens with zero attached hydrogens (tertiary/aromatic N) is 2. The van der Waals surface area contributed by atoms with Gasteiger partial charge in [-0.3, -0.25) is 14.9 Å². The van der Waals surface area contributed by atoms with E-state index >= 15 is 0 Å². The lowest BCUT2D eigenvalue weighted by atomic mass is 9.86. The van der Waals surface area contributed by atoms with Gasteiger partial charge in [0.1, 0.15) is 5.69 Å². The summed E-state index contributed by atoms with van der Waals surface area (Å²) in [7, 11) is 0. The van der Waals surface area contributed by atoms with Gasteiger partial charge in [0.15, 0.2) is 0 Å². The minimum absolute atomic E-state index is 0.0730. The smallest absolute Gasteiger partial charge is 0.269 e. The number of carbonyl (C=O) groups is 1. The van der Waals surface area contributed by atoms with E-state index in [9.17, 15) is 4.79 Å². The van der Waals surface area contributed by atoms with Gasteiger partial charge in [-0.05, 0) is 41.0 Å². The Morgan fingerprint density at radius 2 is 2.20 bits per heavy atom. The van der Waals surface area contributed by atoms with Crippen LogP contribution in [-0.4, -0.2) is 21.1 Å².